The maximum absolute atomic E-state index is 12.1. The van der Waals surface area contributed by atoms with Crippen molar-refractivity contribution in [3.63, 3.8) is 0 Å². The molecule has 1 aliphatic carbocycles. The predicted octanol–water partition coefficient (Wildman–Crippen LogP) is 1.76. The minimum Gasteiger partial charge on any atom is -0.343 e. The van der Waals surface area contributed by atoms with Gasteiger partial charge in [0.2, 0.25) is 5.91 Å². The summed E-state index contributed by atoms with van der Waals surface area (Å²) in [6.45, 7) is 4.05. The highest BCUT2D eigenvalue weighted by Crippen LogP contribution is 2.33. The van der Waals surface area contributed by atoms with Crippen molar-refractivity contribution in [2.45, 2.75) is 51.5 Å². The van der Waals surface area contributed by atoms with E-state index in [9.17, 15) is 4.79 Å². The Morgan fingerprint density at radius 1 is 1.25 bits per heavy atom. The SMILES string of the molecule is CC1CCC(CC(=O)N2CCC(N)CC2)C1. The molecule has 0 aromatic heterocycles. The van der Waals surface area contributed by atoms with Gasteiger partial charge in [-0.15, -0.1) is 0 Å². The third-order valence-corrected chi connectivity index (χ3v) is 4.16. The molecule has 16 heavy (non-hydrogen) atoms. The first kappa shape index (κ1) is 11.9. The number of nitrogens with zero attached hydrogens (tertiary/aromatic N) is 1. The van der Waals surface area contributed by atoms with Gasteiger partial charge in [0.15, 0.2) is 0 Å². The molecule has 1 heterocycles. The highest BCUT2D eigenvalue weighted by atomic mass is 16.2. The molecule has 0 radical (unpaired) electrons. The summed E-state index contributed by atoms with van der Waals surface area (Å²) in [6.07, 6.45) is 6.54. The van der Waals surface area contributed by atoms with Crippen LogP contribution in [0.5, 0.6) is 0 Å². The maximum Gasteiger partial charge on any atom is 0.222 e. The van der Waals surface area contributed by atoms with Gasteiger partial charge in [0.05, 0.1) is 0 Å². The molecule has 1 saturated heterocycles. The second-order valence-corrected chi connectivity index (χ2v) is 5.71. The Morgan fingerprint density at radius 2 is 1.94 bits per heavy atom. The summed E-state index contributed by atoms with van der Waals surface area (Å²) >= 11 is 0. The number of nitrogens with two attached hydrogens (primary N) is 1. The van der Waals surface area contributed by atoms with E-state index < -0.39 is 0 Å². The van der Waals surface area contributed by atoms with Gasteiger partial charge in [0.25, 0.3) is 0 Å². The molecular weight excluding hydrogens is 200 g/mol. The Morgan fingerprint density at radius 3 is 2.50 bits per heavy atom. The summed E-state index contributed by atoms with van der Waals surface area (Å²) in [6, 6.07) is 0.315. The molecule has 1 amide bonds. The number of carbonyl (C=O) groups is 1. The second kappa shape index (κ2) is 5.17. The van der Waals surface area contributed by atoms with Crippen molar-refractivity contribution in [1.82, 2.24) is 4.90 Å². The van der Waals surface area contributed by atoms with Gasteiger partial charge in [0, 0.05) is 25.6 Å². The molecule has 2 aliphatic rings. The van der Waals surface area contributed by atoms with Gasteiger partial charge < -0.3 is 10.6 Å². The average molecular weight is 224 g/mol. The Labute approximate surface area is 98.4 Å². The van der Waals surface area contributed by atoms with Crippen molar-refractivity contribution in [2.24, 2.45) is 17.6 Å². The van der Waals surface area contributed by atoms with Crippen LogP contribution in [0.1, 0.15) is 45.4 Å². The number of piperidine rings is 1. The average Bonchev–Trinajstić information content (AvgIpc) is 2.65. The van der Waals surface area contributed by atoms with Gasteiger partial charge in [-0.2, -0.15) is 0 Å². The highest BCUT2D eigenvalue weighted by Gasteiger charge is 2.27. The normalized spacial score (nSPS) is 32.0. The third-order valence-electron chi connectivity index (χ3n) is 4.16. The summed E-state index contributed by atoms with van der Waals surface area (Å²) in [5.41, 5.74) is 5.84. The van der Waals surface area contributed by atoms with E-state index in [1.54, 1.807) is 0 Å². The monoisotopic (exact) mass is 224 g/mol. The van der Waals surface area contributed by atoms with E-state index in [1.165, 1.54) is 19.3 Å². The van der Waals surface area contributed by atoms with Gasteiger partial charge in [0.1, 0.15) is 0 Å². The molecule has 3 nitrogen and oxygen atoms in total. The lowest BCUT2D eigenvalue weighted by Gasteiger charge is -2.31. The van der Waals surface area contributed by atoms with E-state index in [2.05, 4.69) is 6.92 Å². The number of amides is 1. The van der Waals surface area contributed by atoms with Crippen LogP contribution in [-0.4, -0.2) is 29.9 Å². The van der Waals surface area contributed by atoms with E-state index in [-0.39, 0.29) is 0 Å². The van der Waals surface area contributed by atoms with Gasteiger partial charge in [-0.05, 0) is 37.5 Å². The smallest absolute Gasteiger partial charge is 0.222 e. The van der Waals surface area contributed by atoms with Crippen LogP contribution in [0.25, 0.3) is 0 Å². The Hall–Kier alpha value is -0.570. The first-order valence-electron chi connectivity index (χ1n) is 6.68. The van der Waals surface area contributed by atoms with Gasteiger partial charge in [-0.3, -0.25) is 4.79 Å². The zero-order valence-electron chi connectivity index (χ0n) is 10.3. The molecule has 2 atom stereocenters. The summed E-state index contributed by atoms with van der Waals surface area (Å²) in [5, 5.41) is 0. The molecule has 2 fully saturated rings. The molecule has 1 aliphatic heterocycles. The number of carbonyl (C=O) groups excluding carboxylic acids is 1. The lowest BCUT2D eigenvalue weighted by molar-refractivity contribution is -0.133. The molecule has 0 spiro atoms. The highest BCUT2D eigenvalue weighted by molar-refractivity contribution is 5.76. The summed E-state index contributed by atoms with van der Waals surface area (Å²) in [5.74, 6) is 1.84. The van der Waals surface area contributed by atoms with E-state index in [0.29, 0.717) is 17.9 Å². The molecule has 2 rings (SSSR count). The van der Waals surface area contributed by atoms with E-state index in [0.717, 1.165) is 38.3 Å². The molecule has 92 valence electrons. The van der Waals surface area contributed by atoms with Gasteiger partial charge >= 0.3 is 0 Å². The van der Waals surface area contributed by atoms with Crippen molar-refractivity contribution in [3.05, 3.63) is 0 Å². The minimum absolute atomic E-state index is 0.315. The second-order valence-electron chi connectivity index (χ2n) is 5.71. The van der Waals surface area contributed by atoms with E-state index >= 15 is 0 Å². The molecular formula is C13H24N2O. The Bertz CT molecular complexity index is 246. The van der Waals surface area contributed by atoms with Crippen LogP contribution in [0.3, 0.4) is 0 Å². The van der Waals surface area contributed by atoms with E-state index in [4.69, 9.17) is 5.73 Å². The standard InChI is InChI=1S/C13H24N2O/c1-10-2-3-11(8-10)9-13(16)15-6-4-12(14)5-7-15/h10-12H,2-9,14H2,1H3. The molecule has 1 saturated carbocycles. The number of rotatable bonds is 2. The van der Waals surface area contributed by atoms with Crippen molar-refractivity contribution in [1.29, 1.82) is 0 Å². The molecule has 0 aromatic rings. The van der Waals surface area contributed by atoms with Crippen molar-refractivity contribution in [2.75, 3.05) is 13.1 Å². The first-order chi connectivity index (χ1) is 7.65. The van der Waals surface area contributed by atoms with Crippen LogP contribution >= 0.6 is 0 Å². The largest absolute Gasteiger partial charge is 0.343 e. The van der Waals surface area contributed by atoms with Crippen LogP contribution in [0.15, 0.2) is 0 Å². The lowest BCUT2D eigenvalue weighted by atomic mass is 10.00. The van der Waals surface area contributed by atoms with Crippen LogP contribution in [0.2, 0.25) is 0 Å². The summed E-state index contributed by atoms with van der Waals surface area (Å²) in [4.78, 5) is 14.1. The molecule has 3 heteroatoms. The Balaban J connectivity index is 1.75. The minimum atomic E-state index is 0.315. The fourth-order valence-corrected chi connectivity index (χ4v) is 3.04. The van der Waals surface area contributed by atoms with Crippen LogP contribution in [0.4, 0.5) is 0 Å². The number of hydrogen-bond acceptors (Lipinski definition) is 2. The predicted molar refractivity (Wildman–Crippen MR) is 64.9 cm³/mol. The topological polar surface area (TPSA) is 46.3 Å². The first-order valence-corrected chi connectivity index (χ1v) is 6.68. The fraction of sp³-hybridized carbons (Fsp3) is 0.923. The Kier molecular flexibility index (Phi) is 3.85. The zero-order valence-corrected chi connectivity index (χ0v) is 10.3. The number of likely N-dealkylation sites (tertiary alicyclic amines) is 1. The van der Waals surface area contributed by atoms with Crippen LogP contribution in [0, 0.1) is 11.8 Å². The number of hydrogen-bond donors (Lipinski definition) is 1. The van der Waals surface area contributed by atoms with Crippen molar-refractivity contribution < 1.29 is 4.79 Å². The van der Waals surface area contributed by atoms with Gasteiger partial charge in [-0.1, -0.05) is 13.3 Å². The van der Waals surface area contributed by atoms with Crippen molar-refractivity contribution >= 4 is 5.91 Å². The molecule has 2 N–H and O–H groups in total. The quantitative estimate of drug-likeness (QED) is 0.777. The molecule has 0 bridgehead atoms. The van der Waals surface area contributed by atoms with Gasteiger partial charge in [-0.25, -0.2) is 0 Å². The third kappa shape index (κ3) is 2.97. The van der Waals surface area contributed by atoms with Crippen LogP contribution in [-0.2, 0) is 4.79 Å². The zero-order chi connectivity index (χ0) is 11.5. The molecule has 2 unspecified atom stereocenters. The maximum atomic E-state index is 12.1. The summed E-state index contributed by atoms with van der Waals surface area (Å²) < 4.78 is 0. The van der Waals surface area contributed by atoms with E-state index in [1.807, 2.05) is 4.90 Å². The lowest BCUT2D eigenvalue weighted by Crippen LogP contribution is -2.43. The molecule has 0 aromatic carbocycles. The summed E-state index contributed by atoms with van der Waals surface area (Å²) in [7, 11) is 0. The fourth-order valence-electron chi connectivity index (χ4n) is 3.04. The van der Waals surface area contributed by atoms with Crippen molar-refractivity contribution in [3.8, 4) is 0 Å². The van der Waals surface area contributed by atoms with Crippen LogP contribution < -0.4 is 5.73 Å².